The fraction of sp³-hybridized carbons (Fsp3) is 0.355. The highest BCUT2D eigenvalue weighted by Crippen LogP contribution is 2.20. The van der Waals surface area contributed by atoms with Gasteiger partial charge in [0.15, 0.2) is 6.61 Å². The van der Waals surface area contributed by atoms with Crippen LogP contribution in [-0.4, -0.2) is 35.9 Å². The van der Waals surface area contributed by atoms with Crippen LogP contribution in [0.3, 0.4) is 0 Å². The summed E-state index contributed by atoms with van der Waals surface area (Å²) in [5.74, 6) is 0.327. The third-order valence-electron chi connectivity index (χ3n) is 6.27. The van der Waals surface area contributed by atoms with E-state index in [-0.39, 0.29) is 18.4 Å². The zero-order chi connectivity index (χ0) is 25.9. The monoisotopic (exact) mass is 486 g/mol. The van der Waals surface area contributed by atoms with Crippen molar-refractivity contribution < 1.29 is 14.3 Å². The van der Waals surface area contributed by atoms with Crippen LogP contribution in [0, 0.1) is 20.8 Å². The molecule has 0 saturated heterocycles. The van der Waals surface area contributed by atoms with E-state index in [1.165, 1.54) is 0 Å². The summed E-state index contributed by atoms with van der Waals surface area (Å²) < 4.78 is 5.97. The van der Waals surface area contributed by atoms with Crippen molar-refractivity contribution in [3.8, 4) is 5.75 Å². The molecule has 1 atom stereocenters. The molecule has 0 saturated carbocycles. The molecule has 3 rings (SSSR count). The SMILES string of the molecule is CCCCNC(=O)C(Cc1ccccc1)N(Cc1ccc(C)cc1)C(=O)COc1cc(C)ccc1C. The normalized spacial score (nSPS) is 11.6. The summed E-state index contributed by atoms with van der Waals surface area (Å²) in [6.07, 6.45) is 2.31. The first kappa shape index (κ1) is 27.0. The van der Waals surface area contributed by atoms with Crippen LogP contribution in [-0.2, 0) is 22.6 Å². The van der Waals surface area contributed by atoms with Gasteiger partial charge in [-0.25, -0.2) is 0 Å². The zero-order valence-corrected chi connectivity index (χ0v) is 21.9. The molecule has 0 radical (unpaired) electrons. The Morgan fingerprint density at radius 1 is 0.889 bits per heavy atom. The molecule has 0 aliphatic rings. The van der Waals surface area contributed by atoms with Gasteiger partial charge < -0.3 is 15.0 Å². The van der Waals surface area contributed by atoms with E-state index in [0.717, 1.165) is 40.7 Å². The van der Waals surface area contributed by atoms with Crippen LogP contribution in [0.4, 0.5) is 0 Å². The largest absolute Gasteiger partial charge is 0.483 e. The average molecular weight is 487 g/mol. The Labute approximate surface area is 215 Å². The maximum absolute atomic E-state index is 13.7. The van der Waals surface area contributed by atoms with E-state index in [1.54, 1.807) is 4.90 Å². The Kier molecular flexibility index (Phi) is 10.1. The molecule has 0 aliphatic heterocycles. The first-order valence-corrected chi connectivity index (χ1v) is 12.7. The molecule has 1 N–H and O–H groups in total. The lowest BCUT2D eigenvalue weighted by atomic mass is 10.0. The second-order valence-electron chi connectivity index (χ2n) is 9.41. The fourth-order valence-electron chi connectivity index (χ4n) is 4.04. The van der Waals surface area contributed by atoms with Gasteiger partial charge in [0.2, 0.25) is 5.91 Å². The number of aryl methyl sites for hydroxylation is 3. The molecule has 0 fully saturated rings. The van der Waals surface area contributed by atoms with E-state index in [2.05, 4.69) is 12.2 Å². The molecule has 0 aliphatic carbocycles. The summed E-state index contributed by atoms with van der Waals surface area (Å²) in [5.41, 5.74) is 5.16. The molecular formula is C31H38N2O3. The van der Waals surface area contributed by atoms with E-state index in [1.807, 2.05) is 93.6 Å². The molecule has 190 valence electrons. The third kappa shape index (κ3) is 7.98. The van der Waals surface area contributed by atoms with Crippen LogP contribution in [0.15, 0.2) is 72.8 Å². The minimum absolute atomic E-state index is 0.135. The Balaban J connectivity index is 1.89. The molecule has 3 aromatic rings. The van der Waals surface area contributed by atoms with Gasteiger partial charge in [0.1, 0.15) is 11.8 Å². The second kappa shape index (κ2) is 13.5. The number of carbonyl (C=O) groups excluding carboxylic acids is 2. The molecule has 5 heteroatoms. The quantitative estimate of drug-likeness (QED) is 0.342. The van der Waals surface area contributed by atoms with E-state index < -0.39 is 6.04 Å². The number of nitrogens with one attached hydrogen (secondary N) is 1. The first-order chi connectivity index (χ1) is 17.4. The number of nitrogens with zero attached hydrogens (tertiary/aromatic N) is 1. The Bertz CT molecular complexity index is 1130. The minimum atomic E-state index is -0.653. The maximum atomic E-state index is 13.7. The number of rotatable bonds is 12. The molecule has 2 amide bonds. The standard InChI is InChI=1S/C31H38N2O3/c1-5-6-18-32-31(35)28(20-26-10-8-7-9-11-26)33(21-27-16-13-23(2)14-17-27)30(34)22-36-29-19-24(3)12-15-25(29)4/h7-17,19,28H,5-6,18,20-22H2,1-4H3,(H,32,35). The maximum Gasteiger partial charge on any atom is 0.261 e. The molecule has 0 spiro atoms. The van der Waals surface area contributed by atoms with Crippen LogP contribution in [0.25, 0.3) is 0 Å². The van der Waals surface area contributed by atoms with Crippen molar-refractivity contribution in [1.82, 2.24) is 10.2 Å². The van der Waals surface area contributed by atoms with E-state index in [0.29, 0.717) is 25.3 Å². The molecule has 0 aromatic heterocycles. The Hall–Kier alpha value is -3.60. The Morgan fingerprint density at radius 3 is 2.28 bits per heavy atom. The van der Waals surface area contributed by atoms with Crippen LogP contribution in [0.1, 0.15) is 47.6 Å². The van der Waals surface area contributed by atoms with Gasteiger partial charge in [0, 0.05) is 19.5 Å². The average Bonchev–Trinajstić information content (AvgIpc) is 2.88. The summed E-state index contributed by atoms with van der Waals surface area (Å²) in [6, 6.07) is 23.2. The fourth-order valence-corrected chi connectivity index (χ4v) is 4.04. The molecule has 0 bridgehead atoms. The van der Waals surface area contributed by atoms with E-state index >= 15 is 0 Å². The highest BCUT2D eigenvalue weighted by molar-refractivity contribution is 5.88. The molecule has 3 aromatic carbocycles. The van der Waals surface area contributed by atoms with Gasteiger partial charge in [0.05, 0.1) is 0 Å². The van der Waals surface area contributed by atoms with Crippen molar-refractivity contribution in [2.75, 3.05) is 13.2 Å². The molecule has 36 heavy (non-hydrogen) atoms. The smallest absolute Gasteiger partial charge is 0.261 e. The lowest BCUT2D eigenvalue weighted by Gasteiger charge is -2.31. The third-order valence-corrected chi connectivity index (χ3v) is 6.27. The number of ether oxygens (including phenoxy) is 1. The molecular weight excluding hydrogens is 448 g/mol. The molecule has 5 nitrogen and oxygen atoms in total. The summed E-state index contributed by atoms with van der Waals surface area (Å²) in [4.78, 5) is 28.8. The summed E-state index contributed by atoms with van der Waals surface area (Å²) in [7, 11) is 0. The van der Waals surface area contributed by atoms with E-state index in [9.17, 15) is 9.59 Å². The number of unbranched alkanes of at least 4 members (excludes halogenated alkanes) is 1. The van der Waals surface area contributed by atoms with Crippen molar-refractivity contribution in [1.29, 1.82) is 0 Å². The van der Waals surface area contributed by atoms with Gasteiger partial charge in [-0.05, 0) is 55.5 Å². The van der Waals surface area contributed by atoms with Crippen molar-refractivity contribution in [3.05, 3.63) is 101 Å². The molecule has 0 heterocycles. The van der Waals surface area contributed by atoms with Crippen LogP contribution in [0.2, 0.25) is 0 Å². The first-order valence-electron chi connectivity index (χ1n) is 12.7. The lowest BCUT2D eigenvalue weighted by molar-refractivity contribution is -0.142. The number of amides is 2. The van der Waals surface area contributed by atoms with Crippen molar-refractivity contribution >= 4 is 11.8 Å². The predicted molar refractivity (Wildman–Crippen MR) is 145 cm³/mol. The van der Waals surface area contributed by atoms with Gasteiger partial charge in [-0.15, -0.1) is 0 Å². The van der Waals surface area contributed by atoms with Gasteiger partial charge in [-0.2, -0.15) is 0 Å². The number of hydrogen-bond acceptors (Lipinski definition) is 3. The van der Waals surface area contributed by atoms with Crippen molar-refractivity contribution in [2.45, 2.75) is 59.5 Å². The van der Waals surface area contributed by atoms with Gasteiger partial charge >= 0.3 is 0 Å². The highest BCUT2D eigenvalue weighted by Gasteiger charge is 2.30. The van der Waals surface area contributed by atoms with Crippen molar-refractivity contribution in [3.63, 3.8) is 0 Å². The topological polar surface area (TPSA) is 58.6 Å². The minimum Gasteiger partial charge on any atom is -0.483 e. The van der Waals surface area contributed by atoms with Gasteiger partial charge in [-0.3, -0.25) is 9.59 Å². The Morgan fingerprint density at radius 2 is 1.58 bits per heavy atom. The summed E-state index contributed by atoms with van der Waals surface area (Å²) in [6.45, 7) is 8.86. The number of hydrogen-bond donors (Lipinski definition) is 1. The summed E-state index contributed by atoms with van der Waals surface area (Å²) >= 11 is 0. The number of benzene rings is 3. The second-order valence-corrected chi connectivity index (χ2v) is 9.41. The van der Waals surface area contributed by atoms with Crippen LogP contribution >= 0.6 is 0 Å². The summed E-state index contributed by atoms with van der Waals surface area (Å²) in [5, 5.41) is 3.05. The number of carbonyl (C=O) groups is 2. The van der Waals surface area contributed by atoms with Crippen molar-refractivity contribution in [2.24, 2.45) is 0 Å². The van der Waals surface area contributed by atoms with E-state index in [4.69, 9.17) is 4.74 Å². The predicted octanol–water partition coefficient (Wildman–Crippen LogP) is 5.55. The van der Waals surface area contributed by atoms with Crippen LogP contribution in [0.5, 0.6) is 5.75 Å². The highest BCUT2D eigenvalue weighted by atomic mass is 16.5. The zero-order valence-electron chi connectivity index (χ0n) is 21.9. The molecule has 1 unspecified atom stereocenters. The van der Waals surface area contributed by atoms with Gasteiger partial charge in [-0.1, -0.05) is 85.6 Å². The van der Waals surface area contributed by atoms with Gasteiger partial charge in [0.25, 0.3) is 5.91 Å². The van der Waals surface area contributed by atoms with Crippen LogP contribution < -0.4 is 10.1 Å². The lowest BCUT2D eigenvalue weighted by Crippen LogP contribution is -2.51.